The van der Waals surface area contributed by atoms with E-state index in [0.717, 1.165) is 50.1 Å². The number of nitrogens with two attached hydrogens (primary N) is 1. The molecule has 10 heteroatoms. The molecule has 0 spiro atoms. The fourth-order valence-corrected chi connectivity index (χ4v) is 5.40. The van der Waals surface area contributed by atoms with Crippen LogP contribution in [-0.2, 0) is 4.79 Å². The van der Waals surface area contributed by atoms with Gasteiger partial charge in [-0.05, 0) is 61.2 Å². The van der Waals surface area contributed by atoms with Crippen LogP contribution in [0.1, 0.15) is 92.8 Å². The second kappa shape index (κ2) is 13.7. The highest BCUT2D eigenvalue weighted by atomic mass is 32.1. The Balaban J connectivity index is 1.95. The Kier molecular flexibility index (Phi) is 10.6. The lowest BCUT2D eigenvalue weighted by molar-refractivity contribution is -0.122. The number of amides is 3. The van der Waals surface area contributed by atoms with E-state index in [1.807, 2.05) is 13.8 Å². The summed E-state index contributed by atoms with van der Waals surface area (Å²) in [5.41, 5.74) is 6.20. The first-order valence-electron chi connectivity index (χ1n) is 13.5. The standard InChI is InChI=1S/C28H40FN5O3S/c1-17(2)14-15-31-26(35)22(16-18(3)4)34(21-13-9-8-12-20(21)29)28(37)25-23(30)24(33-38-25)27(36)32-19-10-6-5-7-11-19/h8-9,12-13,17-19,22H,5-7,10-11,14-16,30H2,1-4H3,(H,31,35)(H,32,36)/t22-/m0/s1. The van der Waals surface area contributed by atoms with E-state index in [4.69, 9.17) is 5.73 Å². The van der Waals surface area contributed by atoms with Crippen molar-refractivity contribution in [2.75, 3.05) is 17.2 Å². The molecule has 1 atom stereocenters. The summed E-state index contributed by atoms with van der Waals surface area (Å²) in [7, 11) is 0. The van der Waals surface area contributed by atoms with E-state index in [9.17, 15) is 14.4 Å². The second-order valence-electron chi connectivity index (χ2n) is 10.8. The number of benzene rings is 1. The van der Waals surface area contributed by atoms with Crippen molar-refractivity contribution >= 4 is 40.6 Å². The third-order valence-electron chi connectivity index (χ3n) is 6.74. The Morgan fingerprint density at radius 2 is 1.79 bits per heavy atom. The number of aromatic nitrogens is 1. The van der Waals surface area contributed by atoms with Crippen molar-refractivity contribution in [2.45, 2.75) is 84.7 Å². The fraction of sp³-hybridized carbons (Fsp3) is 0.571. The van der Waals surface area contributed by atoms with Gasteiger partial charge in [0, 0.05) is 12.6 Å². The quantitative estimate of drug-likeness (QED) is 0.361. The lowest BCUT2D eigenvalue weighted by Crippen LogP contribution is -2.51. The van der Waals surface area contributed by atoms with E-state index in [-0.39, 0.29) is 39.8 Å². The van der Waals surface area contributed by atoms with E-state index < -0.39 is 23.7 Å². The van der Waals surface area contributed by atoms with E-state index >= 15 is 4.39 Å². The number of hydrogen-bond acceptors (Lipinski definition) is 6. The average Bonchev–Trinajstić information content (AvgIpc) is 3.26. The molecule has 1 aromatic heterocycles. The number of hydrogen-bond donors (Lipinski definition) is 3. The van der Waals surface area contributed by atoms with Crippen molar-refractivity contribution < 1.29 is 18.8 Å². The molecule has 1 aliphatic carbocycles. The largest absolute Gasteiger partial charge is 0.395 e. The molecular formula is C28H40FN5O3S. The third-order valence-corrected chi connectivity index (χ3v) is 7.59. The number of rotatable bonds is 11. The average molecular weight is 546 g/mol. The molecule has 38 heavy (non-hydrogen) atoms. The van der Waals surface area contributed by atoms with Crippen LogP contribution in [0.25, 0.3) is 0 Å². The number of halogens is 1. The van der Waals surface area contributed by atoms with Crippen molar-refractivity contribution in [1.29, 1.82) is 0 Å². The first-order valence-corrected chi connectivity index (χ1v) is 14.3. The monoisotopic (exact) mass is 545 g/mol. The zero-order valence-corrected chi connectivity index (χ0v) is 23.6. The van der Waals surface area contributed by atoms with Gasteiger partial charge in [0.15, 0.2) is 5.69 Å². The van der Waals surface area contributed by atoms with Crippen LogP contribution in [0, 0.1) is 17.7 Å². The maximum Gasteiger partial charge on any atom is 0.273 e. The summed E-state index contributed by atoms with van der Waals surface area (Å²) in [5, 5.41) is 5.89. The highest BCUT2D eigenvalue weighted by molar-refractivity contribution is 7.09. The molecule has 1 heterocycles. The van der Waals surface area contributed by atoms with Crippen LogP contribution < -0.4 is 21.3 Å². The number of nitrogens with zero attached hydrogens (tertiary/aromatic N) is 2. The van der Waals surface area contributed by atoms with E-state index in [0.29, 0.717) is 18.9 Å². The maximum atomic E-state index is 15.1. The summed E-state index contributed by atoms with van der Waals surface area (Å²) in [6.07, 6.45) is 6.12. The van der Waals surface area contributed by atoms with Gasteiger partial charge in [-0.15, -0.1) is 0 Å². The van der Waals surface area contributed by atoms with Gasteiger partial charge in [0.2, 0.25) is 5.91 Å². The van der Waals surface area contributed by atoms with E-state index in [1.165, 1.54) is 23.1 Å². The highest BCUT2D eigenvalue weighted by Crippen LogP contribution is 2.31. The molecule has 8 nitrogen and oxygen atoms in total. The van der Waals surface area contributed by atoms with Crippen LogP contribution in [-0.4, -0.2) is 40.7 Å². The summed E-state index contributed by atoms with van der Waals surface area (Å²) < 4.78 is 19.3. The van der Waals surface area contributed by atoms with Gasteiger partial charge < -0.3 is 16.4 Å². The molecule has 1 aromatic carbocycles. The molecule has 0 bridgehead atoms. The molecule has 4 N–H and O–H groups in total. The Hall–Kier alpha value is -3.01. The number of para-hydroxylation sites is 1. The smallest absolute Gasteiger partial charge is 0.273 e. The van der Waals surface area contributed by atoms with Gasteiger partial charge in [0.1, 0.15) is 16.7 Å². The van der Waals surface area contributed by atoms with Crippen molar-refractivity contribution in [2.24, 2.45) is 11.8 Å². The Morgan fingerprint density at radius 1 is 1.11 bits per heavy atom. The molecule has 2 aromatic rings. The number of anilines is 2. The Labute approximate surface area is 228 Å². The zero-order chi connectivity index (χ0) is 27.8. The minimum absolute atomic E-state index is 0.00536. The second-order valence-corrected chi connectivity index (χ2v) is 11.6. The molecule has 0 aliphatic heterocycles. The van der Waals surface area contributed by atoms with Gasteiger partial charge in [-0.25, -0.2) is 4.39 Å². The van der Waals surface area contributed by atoms with E-state index in [2.05, 4.69) is 28.9 Å². The molecule has 0 saturated heterocycles. The topological polar surface area (TPSA) is 117 Å². The molecule has 208 valence electrons. The summed E-state index contributed by atoms with van der Waals surface area (Å²) in [6.45, 7) is 8.43. The van der Waals surface area contributed by atoms with Crippen LogP contribution in [0.3, 0.4) is 0 Å². The predicted octanol–water partition coefficient (Wildman–Crippen LogP) is 5.15. The van der Waals surface area contributed by atoms with Gasteiger partial charge in [-0.1, -0.05) is 59.1 Å². The van der Waals surface area contributed by atoms with Gasteiger partial charge in [0.25, 0.3) is 11.8 Å². The van der Waals surface area contributed by atoms with Gasteiger partial charge in [0.05, 0.1) is 11.4 Å². The number of nitrogens with one attached hydrogen (secondary N) is 2. The molecule has 1 aliphatic rings. The van der Waals surface area contributed by atoms with Crippen molar-refractivity contribution in [3.63, 3.8) is 0 Å². The third kappa shape index (κ3) is 7.52. The van der Waals surface area contributed by atoms with Crippen molar-refractivity contribution in [3.8, 4) is 0 Å². The number of nitrogen functional groups attached to an aromatic ring is 1. The lowest BCUT2D eigenvalue weighted by atomic mass is 9.95. The lowest BCUT2D eigenvalue weighted by Gasteiger charge is -2.32. The van der Waals surface area contributed by atoms with Crippen LogP contribution in [0.15, 0.2) is 24.3 Å². The fourth-order valence-electron chi connectivity index (χ4n) is 4.67. The summed E-state index contributed by atoms with van der Waals surface area (Å²) in [4.78, 5) is 41.5. The predicted molar refractivity (Wildman–Crippen MR) is 150 cm³/mol. The van der Waals surface area contributed by atoms with Gasteiger partial charge in [-0.2, -0.15) is 4.37 Å². The minimum Gasteiger partial charge on any atom is -0.395 e. The van der Waals surface area contributed by atoms with Crippen LogP contribution in [0.2, 0.25) is 0 Å². The normalized spacial score (nSPS) is 14.9. The highest BCUT2D eigenvalue weighted by Gasteiger charge is 2.36. The van der Waals surface area contributed by atoms with Crippen molar-refractivity contribution in [3.05, 3.63) is 40.7 Å². The van der Waals surface area contributed by atoms with Crippen LogP contribution >= 0.6 is 11.5 Å². The van der Waals surface area contributed by atoms with Crippen LogP contribution in [0.4, 0.5) is 15.8 Å². The van der Waals surface area contributed by atoms with E-state index in [1.54, 1.807) is 6.07 Å². The molecule has 3 amide bonds. The summed E-state index contributed by atoms with van der Waals surface area (Å²) >= 11 is 0.792. The molecule has 0 unspecified atom stereocenters. The first-order chi connectivity index (χ1) is 18.1. The zero-order valence-electron chi connectivity index (χ0n) is 22.8. The number of carbonyl (C=O) groups is 3. The van der Waals surface area contributed by atoms with Crippen LogP contribution in [0.5, 0.6) is 0 Å². The van der Waals surface area contributed by atoms with Gasteiger partial charge >= 0.3 is 0 Å². The summed E-state index contributed by atoms with van der Waals surface area (Å²) in [6, 6.07) is 4.93. The molecule has 0 radical (unpaired) electrons. The summed E-state index contributed by atoms with van der Waals surface area (Å²) in [5.74, 6) is -1.66. The minimum atomic E-state index is -0.979. The molecule has 1 saturated carbocycles. The maximum absolute atomic E-state index is 15.1. The first kappa shape index (κ1) is 29.5. The van der Waals surface area contributed by atoms with Gasteiger partial charge in [-0.3, -0.25) is 19.3 Å². The van der Waals surface area contributed by atoms with Crippen molar-refractivity contribution in [1.82, 2.24) is 15.0 Å². The SMILES string of the molecule is CC(C)CCNC(=O)[C@H](CC(C)C)N(C(=O)c1snc(C(=O)NC2CCCCC2)c1N)c1ccccc1F. The molecular weight excluding hydrogens is 505 g/mol. The molecule has 1 fully saturated rings. The Morgan fingerprint density at radius 3 is 2.42 bits per heavy atom. The Bertz CT molecular complexity index is 1110. The molecule has 3 rings (SSSR count). The number of carbonyl (C=O) groups excluding carboxylic acids is 3.